The first-order valence-electron chi connectivity index (χ1n) is 8.89. The Morgan fingerprint density at radius 2 is 1.83 bits per heavy atom. The lowest BCUT2D eigenvalue weighted by molar-refractivity contribution is -0.385. The monoisotopic (exact) mass is 393 g/mol. The molecule has 0 aliphatic carbocycles. The van der Waals surface area contributed by atoms with Crippen LogP contribution < -0.4 is 10.6 Å². The number of nitro groups is 1. The smallest absolute Gasteiger partial charge is 0.278 e. The van der Waals surface area contributed by atoms with Gasteiger partial charge in [0.1, 0.15) is 0 Å². The number of benzene rings is 2. The predicted molar refractivity (Wildman–Crippen MR) is 108 cm³/mol. The Morgan fingerprint density at radius 1 is 1.10 bits per heavy atom. The maximum Gasteiger partial charge on any atom is 0.278 e. The largest absolute Gasteiger partial charge is 0.321 e. The van der Waals surface area contributed by atoms with Crippen molar-refractivity contribution < 1.29 is 14.5 Å². The number of carbonyl (C=O) groups excluding carboxylic acids is 2. The van der Waals surface area contributed by atoms with Gasteiger partial charge in [0.2, 0.25) is 0 Å². The van der Waals surface area contributed by atoms with E-state index in [2.05, 4.69) is 15.7 Å². The fourth-order valence-corrected chi connectivity index (χ4v) is 2.75. The van der Waals surface area contributed by atoms with E-state index in [9.17, 15) is 19.7 Å². The molecule has 1 aromatic heterocycles. The van der Waals surface area contributed by atoms with Crippen molar-refractivity contribution in [2.24, 2.45) is 0 Å². The van der Waals surface area contributed by atoms with Crippen molar-refractivity contribution in [1.82, 2.24) is 9.78 Å². The summed E-state index contributed by atoms with van der Waals surface area (Å²) in [5.74, 6) is -0.953. The van der Waals surface area contributed by atoms with E-state index >= 15 is 0 Å². The van der Waals surface area contributed by atoms with Gasteiger partial charge in [0.05, 0.1) is 10.6 Å². The van der Waals surface area contributed by atoms with Crippen molar-refractivity contribution >= 4 is 28.9 Å². The molecule has 0 aliphatic rings. The van der Waals surface area contributed by atoms with Crippen LogP contribution in [0, 0.1) is 17.0 Å². The average molecular weight is 393 g/mol. The van der Waals surface area contributed by atoms with E-state index in [1.165, 1.54) is 22.9 Å². The molecule has 9 nitrogen and oxygen atoms in total. The maximum absolute atomic E-state index is 12.6. The Labute approximate surface area is 166 Å². The number of rotatable bonds is 6. The summed E-state index contributed by atoms with van der Waals surface area (Å²) < 4.78 is 1.54. The van der Waals surface area contributed by atoms with Gasteiger partial charge in [0.25, 0.3) is 17.5 Å². The van der Waals surface area contributed by atoms with Crippen LogP contribution in [-0.2, 0) is 6.54 Å². The summed E-state index contributed by atoms with van der Waals surface area (Å²) in [6, 6.07) is 13.0. The third-order valence-electron chi connectivity index (χ3n) is 4.24. The number of hydrogen-bond donors (Lipinski definition) is 2. The van der Waals surface area contributed by atoms with Gasteiger partial charge in [0, 0.05) is 35.6 Å². The van der Waals surface area contributed by atoms with Crippen molar-refractivity contribution in [3.8, 4) is 0 Å². The summed E-state index contributed by atoms with van der Waals surface area (Å²) in [7, 11) is 0. The predicted octanol–water partition coefficient (Wildman–Crippen LogP) is 3.62. The van der Waals surface area contributed by atoms with Crippen LogP contribution in [0.4, 0.5) is 17.1 Å². The Bertz CT molecular complexity index is 1080. The van der Waals surface area contributed by atoms with E-state index in [-0.39, 0.29) is 22.6 Å². The minimum absolute atomic E-state index is 0.0664. The number of nitro benzene ring substituents is 1. The first kappa shape index (κ1) is 19.7. The normalized spacial score (nSPS) is 10.4. The molecule has 0 atom stereocenters. The van der Waals surface area contributed by atoms with Crippen LogP contribution in [0.15, 0.2) is 54.7 Å². The third-order valence-corrected chi connectivity index (χ3v) is 4.24. The first-order chi connectivity index (χ1) is 13.9. The van der Waals surface area contributed by atoms with Crippen LogP contribution in [0.2, 0.25) is 0 Å². The number of nitrogens with zero attached hydrogens (tertiary/aromatic N) is 3. The van der Waals surface area contributed by atoms with E-state index in [1.54, 1.807) is 37.4 Å². The van der Waals surface area contributed by atoms with Crippen LogP contribution >= 0.6 is 0 Å². The zero-order valence-corrected chi connectivity index (χ0v) is 15.9. The molecule has 0 unspecified atom stereocenters. The van der Waals surface area contributed by atoms with E-state index in [4.69, 9.17) is 0 Å². The number of amides is 2. The molecule has 0 saturated carbocycles. The van der Waals surface area contributed by atoms with Gasteiger partial charge in [0.15, 0.2) is 5.69 Å². The molecule has 0 bridgehead atoms. The molecule has 9 heteroatoms. The van der Waals surface area contributed by atoms with Gasteiger partial charge in [-0.1, -0.05) is 18.2 Å². The van der Waals surface area contributed by atoms with Crippen LogP contribution in [0.25, 0.3) is 0 Å². The summed E-state index contributed by atoms with van der Waals surface area (Å²) in [5, 5.41) is 20.6. The Balaban J connectivity index is 1.84. The highest BCUT2D eigenvalue weighted by molar-refractivity contribution is 6.11. The SMILES string of the molecule is CCn1cc(NC(=O)c2ccc([N+](=O)[O-])c(C)c2)c(C(=O)Nc2ccccc2)n1. The summed E-state index contributed by atoms with van der Waals surface area (Å²) in [4.78, 5) is 35.7. The van der Waals surface area contributed by atoms with E-state index in [0.29, 0.717) is 17.8 Å². The molecule has 0 radical (unpaired) electrons. The van der Waals surface area contributed by atoms with E-state index in [0.717, 1.165) is 0 Å². The topological polar surface area (TPSA) is 119 Å². The van der Waals surface area contributed by atoms with Crippen LogP contribution in [0.5, 0.6) is 0 Å². The maximum atomic E-state index is 12.6. The highest BCUT2D eigenvalue weighted by atomic mass is 16.6. The molecular weight excluding hydrogens is 374 g/mol. The lowest BCUT2D eigenvalue weighted by atomic mass is 10.1. The second kappa shape index (κ2) is 8.34. The van der Waals surface area contributed by atoms with Gasteiger partial charge in [-0.3, -0.25) is 24.4 Å². The number of carbonyl (C=O) groups is 2. The number of anilines is 2. The number of para-hydroxylation sites is 1. The van der Waals surface area contributed by atoms with Gasteiger partial charge in [-0.25, -0.2) is 0 Å². The zero-order valence-electron chi connectivity index (χ0n) is 15.9. The minimum atomic E-state index is -0.506. The fraction of sp³-hybridized carbons (Fsp3) is 0.150. The molecule has 2 N–H and O–H groups in total. The van der Waals surface area contributed by atoms with Gasteiger partial charge in [-0.05, 0) is 38.1 Å². The molecule has 2 amide bonds. The quantitative estimate of drug-likeness (QED) is 0.490. The van der Waals surface area contributed by atoms with E-state index in [1.807, 2.05) is 13.0 Å². The lowest BCUT2D eigenvalue weighted by Gasteiger charge is -2.07. The van der Waals surface area contributed by atoms with Gasteiger partial charge in [-0.15, -0.1) is 0 Å². The summed E-state index contributed by atoms with van der Waals surface area (Å²) >= 11 is 0. The molecule has 0 spiro atoms. The van der Waals surface area contributed by atoms with Crippen LogP contribution in [-0.4, -0.2) is 26.5 Å². The molecule has 3 aromatic rings. The van der Waals surface area contributed by atoms with Gasteiger partial charge in [-0.2, -0.15) is 5.10 Å². The second-order valence-corrected chi connectivity index (χ2v) is 6.28. The number of nitrogens with one attached hydrogen (secondary N) is 2. The summed E-state index contributed by atoms with van der Waals surface area (Å²) in [5.41, 5.74) is 1.47. The lowest BCUT2D eigenvalue weighted by Crippen LogP contribution is -2.18. The standard InChI is InChI=1S/C20H19N5O4/c1-3-24-12-16(18(23-24)20(27)21-15-7-5-4-6-8-15)22-19(26)14-9-10-17(25(28)29)13(2)11-14/h4-12H,3H2,1-2H3,(H,21,27)(H,22,26). The summed E-state index contributed by atoms with van der Waals surface area (Å²) in [6.45, 7) is 3.93. The number of hydrogen-bond acceptors (Lipinski definition) is 5. The van der Waals surface area contributed by atoms with Crippen molar-refractivity contribution in [2.75, 3.05) is 10.6 Å². The third kappa shape index (κ3) is 4.46. The number of aryl methyl sites for hydroxylation is 2. The van der Waals surface area contributed by atoms with Crippen molar-refractivity contribution in [1.29, 1.82) is 0 Å². The minimum Gasteiger partial charge on any atom is -0.321 e. The van der Waals surface area contributed by atoms with Gasteiger partial charge >= 0.3 is 0 Å². The van der Waals surface area contributed by atoms with E-state index < -0.39 is 16.7 Å². The molecule has 29 heavy (non-hydrogen) atoms. The fourth-order valence-electron chi connectivity index (χ4n) is 2.75. The molecular formula is C20H19N5O4. The summed E-state index contributed by atoms with van der Waals surface area (Å²) in [6.07, 6.45) is 1.57. The highest BCUT2D eigenvalue weighted by Gasteiger charge is 2.20. The molecule has 0 fully saturated rings. The molecule has 0 saturated heterocycles. The Kier molecular flexibility index (Phi) is 5.68. The Hall–Kier alpha value is -4.01. The van der Waals surface area contributed by atoms with Crippen molar-refractivity contribution in [3.05, 3.63) is 81.7 Å². The zero-order chi connectivity index (χ0) is 21.0. The molecule has 1 heterocycles. The van der Waals surface area contributed by atoms with Crippen LogP contribution in [0.3, 0.4) is 0 Å². The average Bonchev–Trinajstić information content (AvgIpc) is 3.11. The molecule has 2 aromatic carbocycles. The highest BCUT2D eigenvalue weighted by Crippen LogP contribution is 2.21. The van der Waals surface area contributed by atoms with Gasteiger partial charge < -0.3 is 10.6 Å². The van der Waals surface area contributed by atoms with Crippen molar-refractivity contribution in [2.45, 2.75) is 20.4 Å². The van der Waals surface area contributed by atoms with Crippen LogP contribution in [0.1, 0.15) is 33.3 Å². The molecule has 0 aliphatic heterocycles. The van der Waals surface area contributed by atoms with Crippen molar-refractivity contribution in [3.63, 3.8) is 0 Å². The Morgan fingerprint density at radius 3 is 2.45 bits per heavy atom. The number of aromatic nitrogens is 2. The second-order valence-electron chi connectivity index (χ2n) is 6.28. The molecule has 148 valence electrons. The molecule has 3 rings (SSSR count). The first-order valence-corrected chi connectivity index (χ1v) is 8.89.